The van der Waals surface area contributed by atoms with Crippen molar-refractivity contribution in [3.63, 3.8) is 0 Å². The highest BCUT2D eigenvalue weighted by Gasteiger charge is 2.27. The Labute approximate surface area is 149 Å². The molecule has 2 aliphatic rings. The Bertz CT molecular complexity index is 529. The van der Waals surface area contributed by atoms with Crippen LogP contribution in [0, 0.1) is 0 Å². The summed E-state index contributed by atoms with van der Waals surface area (Å²) in [6.07, 6.45) is 6.64. The molecule has 2 saturated heterocycles. The standard InChI is InChI=1S/C19H28N2O2S/c1-24-18-7-5-16(6-8-18)19(22)21-10-3-2-4-17(21)9-11-20-12-14-23-15-13-20/h5-8,17H,2-4,9-15H2,1H3/t17-/m1/s1. The first kappa shape index (κ1) is 17.8. The van der Waals surface area contributed by atoms with Gasteiger partial charge in [0.2, 0.25) is 0 Å². The molecular weight excluding hydrogens is 320 g/mol. The van der Waals surface area contributed by atoms with E-state index in [1.54, 1.807) is 11.8 Å². The van der Waals surface area contributed by atoms with Crippen molar-refractivity contribution in [1.29, 1.82) is 0 Å². The van der Waals surface area contributed by atoms with E-state index < -0.39 is 0 Å². The average molecular weight is 349 g/mol. The predicted molar refractivity (Wildman–Crippen MR) is 98.8 cm³/mol. The van der Waals surface area contributed by atoms with Gasteiger partial charge >= 0.3 is 0 Å². The smallest absolute Gasteiger partial charge is 0.254 e. The molecule has 1 aromatic carbocycles. The maximum atomic E-state index is 12.9. The highest BCUT2D eigenvalue weighted by atomic mass is 32.2. The van der Waals surface area contributed by atoms with Gasteiger partial charge < -0.3 is 9.64 Å². The van der Waals surface area contributed by atoms with Crippen molar-refractivity contribution in [2.24, 2.45) is 0 Å². The van der Waals surface area contributed by atoms with Crippen LogP contribution in [0.5, 0.6) is 0 Å². The van der Waals surface area contributed by atoms with E-state index in [4.69, 9.17) is 4.74 Å². The minimum absolute atomic E-state index is 0.203. The molecule has 1 amide bonds. The second kappa shape index (κ2) is 8.88. The fraction of sp³-hybridized carbons (Fsp3) is 0.632. The SMILES string of the molecule is CSc1ccc(C(=O)N2CCCC[C@@H]2CCN2CCOCC2)cc1. The second-order valence-electron chi connectivity index (χ2n) is 6.62. The Morgan fingerprint density at radius 3 is 2.62 bits per heavy atom. The third-order valence-corrected chi connectivity index (χ3v) is 5.85. The van der Waals surface area contributed by atoms with Gasteiger partial charge in [-0.2, -0.15) is 0 Å². The van der Waals surface area contributed by atoms with Gasteiger partial charge in [0, 0.05) is 42.7 Å². The maximum Gasteiger partial charge on any atom is 0.254 e. The molecule has 2 fully saturated rings. The number of carbonyl (C=O) groups excluding carboxylic acids is 1. The van der Waals surface area contributed by atoms with E-state index in [0.717, 1.165) is 64.2 Å². The number of likely N-dealkylation sites (tertiary alicyclic amines) is 1. The first-order chi connectivity index (χ1) is 11.8. The van der Waals surface area contributed by atoms with Crippen molar-refractivity contribution in [2.45, 2.75) is 36.6 Å². The van der Waals surface area contributed by atoms with E-state index in [-0.39, 0.29) is 5.91 Å². The lowest BCUT2D eigenvalue weighted by Crippen LogP contribution is -2.46. The third kappa shape index (κ3) is 4.52. The number of morpholine rings is 1. The molecule has 0 aliphatic carbocycles. The summed E-state index contributed by atoms with van der Waals surface area (Å²) in [4.78, 5) is 18.7. The average Bonchev–Trinajstić information content (AvgIpc) is 2.67. The summed E-state index contributed by atoms with van der Waals surface area (Å²) in [6.45, 7) is 5.71. The van der Waals surface area contributed by atoms with E-state index in [1.165, 1.54) is 11.3 Å². The number of ether oxygens (including phenoxy) is 1. The van der Waals surface area contributed by atoms with E-state index in [9.17, 15) is 4.79 Å². The quantitative estimate of drug-likeness (QED) is 0.766. The molecule has 1 aromatic rings. The second-order valence-corrected chi connectivity index (χ2v) is 7.50. The monoisotopic (exact) mass is 348 g/mol. The van der Waals surface area contributed by atoms with Crippen molar-refractivity contribution < 1.29 is 9.53 Å². The zero-order chi connectivity index (χ0) is 16.8. The summed E-state index contributed by atoms with van der Waals surface area (Å²) in [5, 5.41) is 0. The van der Waals surface area contributed by atoms with Crippen LogP contribution in [0.25, 0.3) is 0 Å². The molecule has 0 bridgehead atoms. The molecule has 0 unspecified atom stereocenters. The fourth-order valence-electron chi connectivity index (χ4n) is 3.62. The van der Waals surface area contributed by atoms with Gasteiger partial charge in [0.1, 0.15) is 0 Å². The van der Waals surface area contributed by atoms with Crippen molar-refractivity contribution in [3.8, 4) is 0 Å². The van der Waals surface area contributed by atoms with E-state index in [0.29, 0.717) is 6.04 Å². The van der Waals surface area contributed by atoms with Gasteiger partial charge in [-0.25, -0.2) is 0 Å². The van der Waals surface area contributed by atoms with Crippen molar-refractivity contribution in [3.05, 3.63) is 29.8 Å². The van der Waals surface area contributed by atoms with Gasteiger partial charge in [-0.15, -0.1) is 11.8 Å². The van der Waals surface area contributed by atoms with Crippen LogP contribution in [0.2, 0.25) is 0 Å². The van der Waals surface area contributed by atoms with Crippen molar-refractivity contribution in [1.82, 2.24) is 9.80 Å². The molecule has 0 spiro atoms. The highest BCUT2D eigenvalue weighted by Crippen LogP contribution is 2.23. The van der Waals surface area contributed by atoms with Gasteiger partial charge in [0.05, 0.1) is 13.2 Å². The Balaban J connectivity index is 1.60. The minimum Gasteiger partial charge on any atom is -0.379 e. The van der Waals surface area contributed by atoms with Crippen LogP contribution >= 0.6 is 11.8 Å². The number of hydrogen-bond donors (Lipinski definition) is 0. The largest absolute Gasteiger partial charge is 0.379 e. The predicted octanol–water partition coefficient (Wildman–Crippen LogP) is 3.13. The Morgan fingerprint density at radius 1 is 1.17 bits per heavy atom. The molecule has 0 radical (unpaired) electrons. The first-order valence-electron chi connectivity index (χ1n) is 9.03. The van der Waals surface area contributed by atoms with Gasteiger partial charge in [-0.3, -0.25) is 9.69 Å². The molecule has 2 aliphatic heterocycles. The third-order valence-electron chi connectivity index (χ3n) is 5.11. The van der Waals surface area contributed by atoms with Crippen LogP contribution in [0.3, 0.4) is 0 Å². The van der Waals surface area contributed by atoms with Crippen LogP contribution in [0.4, 0.5) is 0 Å². The van der Waals surface area contributed by atoms with E-state index in [2.05, 4.69) is 16.1 Å². The number of thioether (sulfide) groups is 1. The summed E-state index contributed by atoms with van der Waals surface area (Å²) in [7, 11) is 0. The summed E-state index contributed by atoms with van der Waals surface area (Å²) in [6, 6.07) is 8.42. The zero-order valence-electron chi connectivity index (χ0n) is 14.6. The summed E-state index contributed by atoms with van der Waals surface area (Å²) >= 11 is 1.71. The number of nitrogens with zero attached hydrogens (tertiary/aromatic N) is 2. The normalized spacial score (nSPS) is 22.5. The van der Waals surface area contributed by atoms with Crippen LogP contribution in [0.1, 0.15) is 36.0 Å². The lowest BCUT2D eigenvalue weighted by Gasteiger charge is -2.37. The molecule has 0 N–H and O–H groups in total. The zero-order valence-corrected chi connectivity index (χ0v) is 15.4. The summed E-state index contributed by atoms with van der Waals surface area (Å²) in [5.41, 5.74) is 0.825. The minimum atomic E-state index is 0.203. The lowest BCUT2D eigenvalue weighted by molar-refractivity contribution is 0.0295. The van der Waals surface area contributed by atoms with Crippen molar-refractivity contribution in [2.75, 3.05) is 45.6 Å². The van der Waals surface area contributed by atoms with Crippen LogP contribution < -0.4 is 0 Å². The summed E-state index contributed by atoms with van der Waals surface area (Å²) in [5.74, 6) is 0.203. The maximum absolute atomic E-state index is 12.9. The first-order valence-corrected chi connectivity index (χ1v) is 10.3. The molecule has 2 heterocycles. The molecule has 1 atom stereocenters. The van der Waals surface area contributed by atoms with Gasteiger partial charge in [0.15, 0.2) is 0 Å². The highest BCUT2D eigenvalue weighted by molar-refractivity contribution is 7.98. The van der Waals surface area contributed by atoms with Gasteiger partial charge in [-0.1, -0.05) is 0 Å². The Morgan fingerprint density at radius 2 is 1.92 bits per heavy atom. The lowest BCUT2D eigenvalue weighted by atomic mass is 9.98. The van der Waals surface area contributed by atoms with Crippen molar-refractivity contribution >= 4 is 17.7 Å². The number of rotatable bonds is 5. The molecule has 0 saturated carbocycles. The summed E-state index contributed by atoms with van der Waals surface area (Å²) < 4.78 is 5.42. The topological polar surface area (TPSA) is 32.8 Å². The molecule has 3 rings (SSSR count). The van der Waals surface area contributed by atoms with Gasteiger partial charge in [0.25, 0.3) is 5.91 Å². The number of hydrogen-bond acceptors (Lipinski definition) is 4. The molecule has 5 heteroatoms. The van der Waals surface area contributed by atoms with Crippen LogP contribution in [-0.2, 0) is 4.74 Å². The molecule has 4 nitrogen and oxygen atoms in total. The van der Waals surface area contributed by atoms with E-state index in [1.807, 2.05) is 24.3 Å². The van der Waals surface area contributed by atoms with Crippen LogP contribution in [0.15, 0.2) is 29.2 Å². The molecule has 24 heavy (non-hydrogen) atoms. The number of benzene rings is 1. The molecule has 132 valence electrons. The van der Waals surface area contributed by atoms with Gasteiger partial charge in [-0.05, 0) is 56.2 Å². The number of piperidine rings is 1. The Kier molecular flexibility index (Phi) is 6.58. The molecule has 0 aromatic heterocycles. The number of amides is 1. The fourth-order valence-corrected chi connectivity index (χ4v) is 4.03. The van der Waals surface area contributed by atoms with Crippen LogP contribution in [-0.4, -0.2) is 67.4 Å². The van der Waals surface area contributed by atoms with E-state index >= 15 is 0 Å². The molecular formula is C19H28N2O2S. The Hall–Kier alpha value is -1.04. The number of carbonyl (C=O) groups is 1.